The molecule has 0 saturated heterocycles. The van der Waals surface area contributed by atoms with E-state index in [0.29, 0.717) is 0 Å². The van der Waals surface area contributed by atoms with Crippen molar-refractivity contribution in [2.75, 3.05) is 0 Å². The van der Waals surface area contributed by atoms with Crippen LogP contribution in [0, 0.1) is 0 Å². The van der Waals surface area contributed by atoms with Gasteiger partial charge in [-0.25, -0.2) is 0 Å². The number of rotatable bonds is 0. The average molecular weight is 225 g/mol. The maximum atomic E-state index is 8.60. The standard InChI is InChI=1S/FH.2H3N.3O.Sb/h1H;2*1H3;;;;/q;;;;;-1;/p+1. The molecule has 48 valence electrons. The van der Waals surface area contributed by atoms with Crippen LogP contribution in [0.5, 0.6) is 0 Å². The van der Waals surface area contributed by atoms with E-state index in [1.807, 2.05) is 0 Å². The monoisotopic (exact) mass is 224 g/mol. The molecule has 0 unspecified atom stereocenters. The molecule has 0 heterocycles. The quantitative estimate of drug-likeness (QED) is 0.406. The maximum absolute atomic E-state index is 8.60. The van der Waals surface area contributed by atoms with Crippen molar-refractivity contribution in [3.05, 3.63) is 0 Å². The fourth-order valence-corrected chi connectivity index (χ4v) is 0. The van der Waals surface area contributed by atoms with Crippen LogP contribution >= 0.6 is 0 Å². The van der Waals surface area contributed by atoms with Crippen LogP contribution < -0.4 is 20.4 Å². The third-order valence-corrected chi connectivity index (χ3v) is 0. The van der Waals surface area contributed by atoms with E-state index in [2.05, 4.69) is 0 Å². The molecule has 0 radical (unpaired) electrons. The fraction of sp³-hybridized carbons (Fsp3) is 0. The number of hydrogen-bond donors (Lipinski definition) is 2. The van der Waals surface area contributed by atoms with Crippen LogP contribution in [0.4, 0.5) is 0 Å². The minimum absolute atomic E-state index is 0. The Morgan fingerprint density at radius 1 is 1.14 bits per heavy atom. The molecule has 0 spiro atoms. The third kappa shape index (κ3) is 2140. The van der Waals surface area contributed by atoms with Gasteiger partial charge in [0.1, 0.15) is 0 Å². The Kier molecular flexibility index (Phi) is 62.8. The van der Waals surface area contributed by atoms with Crippen LogP contribution in [0.1, 0.15) is 0 Å². The van der Waals surface area contributed by atoms with E-state index < -0.39 is 20.6 Å². The van der Waals surface area contributed by atoms with Crippen molar-refractivity contribution in [2.24, 2.45) is 0 Å². The van der Waals surface area contributed by atoms with Crippen molar-refractivity contribution in [1.29, 1.82) is 0 Å². The van der Waals surface area contributed by atoms with E-state index in [0.717, 1.165) is 0 Å². The molecule has 0 aliphatic heterocycles. The molecular weight excluding hydrogens is 217 g/mol. The molecule has 0 aliphatic rings. The number of hydrogen-bond acceptors (Lipinski definition) is 3. The molecule has 8 N–H and O–H groups in total. The zero-order chi connectivity index (χ0) is 3.58. The molecule has 0 saturated carbocycles. The zero-order valence-electron chi connectivity index (χ0n) is 4.05. The average Bonchev–Trinajstić information content (AvgIpc) is 0.811. The van der Waals surface area contributed by atoms with E-state index >= 15 is 0 Å². The van der Waals surface area contributed by atoms with Crippen molar-refractivity contribution in [2.45, 2.75) is 0 Å². The summed E-state index contributed by atoms with van der Waals surface area (Å²) >= 11 is -4.20. The summed E-state index contributed by atoms with van der Waals surface area (Å²) in [5, 5.41) is 0. The molecule has 5 nitrogen and oxygen atoms in total. The second-order valence-corrected chi connectivity index (χ2v) is 1.50. The summed E-state index contributed by atoms with van der Waals surface area (Å²) in [6.45, 7) is 0. The van der Waals surface area contributed by atoms with Crippen molar-refractivity contribution in [3.8, 4) is 0 Å². The molecule has 0 aromatic rings. The molecule has 7 heteroatoms. The molecule has 0 aromatic heterocycles. The van der Waals surface area contributed by atoms with Gasteiger partial charge in [0.15, 0.2) is 0 Å². The Morgan fingerprint density at radius 2 is 1.14 bits per heavy atom. The van der Waals surface area contributed by atoms with E-state index in [1.54, 1.807) is 0 Å². The number of halogens is 1. The molecule has 0 atom stereocenters. The Balaban J connectivity index is -0.0000000150. The summed E-state index contributed by atoms with van der Waals surface area (Å²) in [6, 6.07) is 0. The van der Waals surface area contributed by atoms with Crippen molar-refractivity contribution in [3.63, 3.8) is 0 Å². The van der Waals surface area contributed by atoms with E-state index in [1.165, 1.54) is 0 Å². The van der Waals surface area contributed by atoms with Crippen LogP contribution in [0.25, 0.3) is 0 Å². The topological polar surface area (TPSA) is 130 Å². The normalized spacial score (nSPS) is 3.57. The molecule has 0 aliphatic carbocycles. The molecular formula is H8FN2O3Sb. The van der Waals surface area contributed by atoms with Gasteiger partial charge in [-0.3, -0.25) is 0 Å². The summed E-state index contributed by atoms with van der Waals surface area (Å²) in [7, 11) is 0. The van der Waals surface area contributed by atoms with Gasteiger partial charge in [-0.15, -0.1) is 0 Å². The first-order valence-corrected chi connectivity index (χ1v) is 3.67. The van der Waals surface area contributed by atoms with Gasteiger partial charge in [-0.05, 0) is 0 Å². The summed E-state index contributed by atoms with van der Waals surface area (Å²) in [6.07, 6.45) is 0. The Hall–Kier alpha value is 0.228. The Bertz CT molecular complexity index is 61.3. The SMILES string of the molecule is [F-].[NH4+].[NH4+].[O]=[Sb](=[O])[O-]. The van der Waals surface area contributed by atoms with Crippen molar-refractivity contribution in [1.82, 2.24) is 12.3 Å². The minimum atomic E-state index is -4.20. The molecule has 0 amide bonds. The van der Waals surface area contributed by atoms with Crippen molar-refractivity contribution < 1.29 is 14.1 Å². The molecule has 0 bridgehead atoms. The van der Waals surface area contributed by atoms with Gasteiger partial charge >= 0.3 is 30.0 Å². The molecule has 0 aromatic carbocycles. The second-order valence-electron chi connectivity index (χ2n) is 0.224. The summed E-state index contributed by atoms with van der Waals surface area (Å²) in [4.78, 5) is 0. The zero-order valence-corrected chi connectivity index (χ0v) is 6.60. The second kappa shape index (κ2) is 16.3. The predicted molar refractivity (Wildman–Crippen MR) is 19.1 cm³/mol. The first-order valence-electron chi connectivity index (χ1n) is 0.548. The van der Waals surface area contributed by atoms with Gasteiger partial charge in [-0.1, -0.05) is 0 Å². The van der Waals surface area contributed by atoms with Gasteiger partial charge < -0.3 is 17.0 Å². The van der Waals surface area contributed by atoms with Crippen LogP contribution in [-0.4, -0.2) is 20.6 Å². The van der Waals surface area contributed by atoms with E-state index in [9.17, 15) is 0 Å². The van der Waals surface area contributed by atoms with Gasteiger partial charge in [0.05, 0.1) is 0 Å². The van der Waals surface area contributed by atoms with Gasteiger partial charge in [-0.2, -0.15) is 0 Å². The van der Waals surface area contributed by atoms with Crippen LogP contribution in [0.2, 0.25) is 0 Å². The van der Waals surface area contributed by atoms with E-state index in [4.69, 9.17) is 9.42 Å². The fourth-order valence-electron chi connectivity index (χ4n) is 0. The molecule has 7 heavy (non-hydrogen) atoms. The van der Waals surface area contributed by atoms with Gasteiger partial charge in [0, 0.05) is 0 Å². The Labute approximate surface area is 47.6 Å². The molecule has 0 rings (SSSR count). The first-order chi connectivity index (χ1) is 1.73. The summed E-state index contributed by atoms with van der Waals surface area (Å²) in [5.74, 6) is 0. The summed E-state index contributed by atoms with van der Waals surface area (Å²) in [5.41, 5.74) is 0. The predicted octanol–water partition coefficient (Wildman–Crippen LogP) is -4.05. The summed E-state index contributed by atoms with van der Waals surface area (Å²) < 4.78 is 25.8. The van der Waals surface area contributed by atoms with E-state index in [-0.39, 0.29) is 17.0 Å². The van der Waals surface area contributed by atoms with Crippen LogP contribution in [-0.2, 0) is 6.03 Å². The van der Waals surface area contributed by atoms with Crippen molar-refractivity contribution >= 4 is 20.6 Å². The van der Waals surface area contributed by atoms with Crippen LogP contribution in [0.3, 0.4) is 0 Å². The third-order valence-electron chi connectivity index (χ3n) is 0. The van der Waals surface area contributed by atoms with Crippen LogP contribution in [0.15, 0.2) is 0 Å². The van der Waals surface area contributed by atoms with Gasteiger partial charge in [0.25, 0.3) is 0 Å². The first kappa shape index (κ1) is 26.9. The Morgan fingerprint density at radius 3 is 1.14 bits per heavy atom. The van der Waals surface area contributed by atoms with Gasteiger partial charge in [0.2, 0.25) is 0 Å². The number of quaternary nitrogens is 2. The molecule has 0 fully saturated rings.